The molecule has 0 N–H and O–H groups in total. The van der Waals surface area contributed by atoms with Crippen molar-refractivity contribution in [2.45, 2.75) is 12.8 Å². The van der Waals surface area contributed by atoms with Crippen LogP contribution in [0.1, 0.15) is 22.3 Å². The van der Waals surface area contributed by atoms with Crippen LogP contribution in [-0.4, -0.2) is 5.78 Å². The highest BCUT2D eigenvalue weighted by Gasteiger charge is 2.23. The van der Waals surface area contributed by atoms with Crippen molar-refractivity contribution in [2.24, 2.45) is 0 Å². The smallest absolute Gasteiger partial charge is 0.163 e. The van der Waals surface area contributed by atoms with Gasteiger partial charge in [0.1, 0.15) is 0 Å². The third kappa shape index (κ3) is 1.84. The van der Waals surface area contributed by atoms with Gasteiger partial charge in [0.2, 0.25) is 0 Å². The summed E-state index contributed by atoms with van der Waals surface area (Å²) in [6.07, 6.45) is 1.37. The van der Waals surface area contributed by atoms with Crippen molar-refractivity contribution < 1.29 is 4.79 Å². The number of rotatable bonds is 1. The van der Waals surface area contributed by atoms with E-state index in [0.29, 0.717) is 16.5 Å². The van der Waals surface area contributed by atoms with E-state index in [2.05, 4.69) is 0 Å². The molecule has 0 unspecified atom stereocenters. The van der Waals surface area contributed by atoms with Crippen molar-refractivity contribution in [3.8, 4) is 11.1 Å². The molecular formula is C15H10Cl2O. The first-order chi connectivity index (χ1) is 8.66. The Labute approximate surface area is 115 Å². The molecule has 1 nitrogen and oxygen atoms in total. The van der Waals surface area contributed by atoms with Gasteiger partial charge in [-0.25, -0.2) is 0 Å². The van der Waals surface area contributed by atoms with Crippen LogP contribution in [0.15, 0.2) is 36.4 Å². The molecule has 0 fully saturated rings. The van der Waals surface area contributed by atoms with E-state index in [9.17, 15) is 4.79 Å². The molecule has 1 aliphatic rings. The fourth-order valence-corrected chi connectivity index (χ4v) is 2.84. The summed E-state index contributed by atoms with van der Waals surface area (Å²) in [5, 5.41) is 1.31. The molecule has 0 spiro atoms. The Morgan fingerprint density at radius 2 is 1.67 bits per heavy atom. The van der Waals surface area contributed by atoms with E-state index < -0.39 is 0 Å². The number of Topliss-reactive ketones (excluding diaryl/α,β-unsaturated/α-hetero) is 1. The topological polar surface area (TPSA) is 17.1 Å². The van der Waals surface area contributed by atoms with Crippen LogP contribution in [-0.2, 0) is 6.42 Å². The van der Waals surface area contributed by atoms with Crippen molar-refractivity contribution in [1.29, 1.82) is 0 Å². The zero-order chi connectivity index (χ0) is 12.7. The fourth-order valence-electron chi connectivity index (χ4n) is 2.45. The molecule has 1 aliphatic carbocycles. The summed E-state index contributed by atoms with van der Waals surface area (Å²) in [5.41, 5.74) is 3.83. The molecule has 0 saturated carbocycles. The van der Waals surface area contributed by atoms with Crippen molar-refractivity contribution in [3.63, 3.8) is 0 Å². The van der Waals surface area contributed by atoms with Crippen molar-refractivity contribution in [2.75, 3.05) is 0 Å². The molecule has 3 heteroatoms. The lowest BCUT2D eigenvalue weighted by Crippen LogP contribution is -1.92. The maximum atomic E-state index is 11.7. The summed E-state index contributed by atoms with van der Waals surface area (Å²) in [6.45, 7) is 0. The lowest BCUT2D eigenvalue weighted by Gasteiger charge is -2.10. The van der Waals surface area contributed by atoms with Gasteiger partial charge >= 0.3 is 0 Å². The number of ketones is 1. The lowest BCUT2D eigenvalue weighted by molar-refractivity contribution is 0.0994. The van der Waals surface area contributed by atoms with Gasteiger partial charge in [0.15, 0.2) is 5.78 Å². The average molecular weight is 277 g/mol. The lowest BCUT2D eigenvalue weighted by atomic mass is 9.97. The molecule has 2 aromatic carbocycles. The first-order valence-electron chi connectivity index (χ1n) is 5.77. The number of hydrogen-bond acceptors (Lipinski definition) is 1. The van der Waals surface area contributed by atoms with E-state index in [-0.39, 0.29) is 5.78 Å². The normalized spacial score (nSPS) is 13.8. The van der Waals surface area contributed by atoms with Gasteiger partial charge in [0, 0.05) is 27.6 Å². The van der Waals surface area contributed by atoms with Crippen molar-refractivity contribution >= 4 is 29.0 Å². The first-order valence-corrected chi connectivity index (χ1v) is 6.53. The Hall–Kier alpha value is -1.31. The summed E-state index contributed by atoms with van der Waals surface area (Å²) in [4.78, 5) is 11.7. The van der Waals surface area contributed by atoms with Gasteiger partial charge in [-0.1, -0.05) is 41.4 Å². The molecule has 90 valence electrons. The summed E-state index contributed by atoms with van der Waals surface area (Å²) in [7, 11) is 0. The third-order valence-corrected chi connectivity index (χ3v) is 3.86. The predicted octanol–water partition coefficient (Wildman–Crippen LogP) is 4.79. The third-order valence-electron chi connectivity index (χ3n) is 3.30. The summed E-state index contributed by atoms with van der Waals surface area (Å²) >= 11 is 12.2. The summed E-state index contributed by atoms with van der Waals surface area (Å²) < 4.78 is 0. The molecule has 0 atom stereocenters. The SMILES string of the molecule is O=C1CCc2c1cccc2-c1cc(Cl)ccc1Cl. The largest absolute Gasteiger partial charge is 0.294 e. The minimum atomic E-state index is 0.213. The average Bonchev–Trinajstić information content (AvgIpc) is 2.75. The van der Waals surface area contributed by atoms with Crippen LogP contribution >= 0.6 is 23.2 Å². The van der Waals surface area contributed by atoms with E-state index in [0.717, 1.165) is 28.7 Å². The number of benzene rings is 2. The predicted molar refractivity (Wildman–Crippen MR) is 74.5 cm³/mol. The second kappa shape index (κ2) is 4.42. The first kappa shape index (κ1) is 11.8. The van der Waals surface area contributed by atoms with Crippen molar-refractivity contribution in [3.05, 3.63) is 57.6 Å². The van der Waals surface area contributed by atoms with Gasteiger partial charge in [0.05, 0.1) is 0 Å². The summed E-state index contributed by atoms with van der Waals surface area (Å²) in [5.74, 6) is 0.213. The molecule has 0 heterocycles. The maximum Gasteiger partial charge on any atom is 0.163 e. The van der Waals surface area contributed by atoms with E-state index in [1.807, 2.05) is 24.3 Å². The summed E-state index contributed by atoms with van der Waals surface area (Å²) in [6, 6.07) is 11.2. The van der Waals surface area contributed by atoms with Crippen LogP contribution in [0.2, 0.25) is 10.0 Å². The molecule has 3 rings (SSSR count). The number of carbonyl (C=O) groups excluding carboxylic acids is 1. The van der Waals surface area contributed by atoms with Crippen LogP contribution in [0, 0.1) is 0 Å². The van der Waals surface area contributed by atoms with Crippen LogP contribution in [0.4, 0.5) is 0 Å². The number of fused-ring (bicyclic) bond motifs is 1. The monoisotopic (exact) mass is 276 g/mol. The Morgan fingerprint density at radius 3 is 2.50 bits per heavy atom. The Kier molecular flexibility index (Phi) is 2.89. The van der Waals surface area contributed by atoms with Crippen molar-refractivity contribution in [1.82, 2.24) is 0 Å². The Morgan fingerprint density at radius 1 is 0.889 bits per heavy atom. The highest BCUT2D eigenvalue weighted by atomic mass is 35.5. The minimum absolute atomic E-state index is 0.213. The standard InChI is InChI=1S/C15H10Cl2O/c16-9-4-6-14(17)13(8-9)10-2-1-3-12-11(10)5-7-15(12)18/h1-4,6,8H,5,7H2. The van der Waals surface area contributed by atoms with E-state index in [1.54, 1.807) is 12.1 Å². The molecule has 0 saturated heterocycles. The second-order valence-corrected chi connectivity index (χ2v) is 5.22. The number of hydrogen-bond donors (Lipinski definition) is 0. The van der Waals surface area contributed by atoms with Gasteiger partial charge in [-0.15, -0.1) is 0 Å². The van der Waals surface area contributed by atoms with E-state index in [4.69, 9.17) is 23.2 Å². The van der Waals surface area contributed by atoms with E-state index in [1.165, 1.54) is 0 Å². The highest BCUT2D eigenvalue weighted by molar-refractivity contribution is 6.35. The highest BCUT2D eigenvalue weighted by Crippen LogP contribution is 2.37. The van der Waals surface area contributed by atoms with Gasteiger partial charge in [-0.3, -0.25) is 4.79 Å². The number of halogens is 2. The molecule has 18 heavy (non-hydrogen) atoms. The van der Waals surface area contributed by atoms with Crippen LogP contribution in [0.5, 0.6) is 0 Å². The number of carbonyl (C=O) groups is 1. The Bertz CT molecular complexity index is 647. The van der Waals surface area contributed by atoms with Crippen LogP contribution in [0.3, 0.4) is 0 Å². The maximum absolute atomic E-state index is 11.7. The van der Waals surface area contributed by atoms with Crippen LogP contribution < -0.4 is 0 Å². The molecule has 0 bridgehead atoms. The van der Waals surface area contributed by atoms with Gasteiger partial charge < -0.3 is 0 Å². The Balaban J connectivity index is 2.25. The van der Waals surface area contributed by atoms with Gasteiger partial charge in [-0.2, -0.15) is 0 Å². The molecule has 0 aromatic heterocycles. The fraction of sp³-hybridized carbons (Fsp3) is 0.133. The van der Waals surface area contributed by atoms with Gasteiger partial charge in [-0.05, 0) is 35.7 Å². The van der Waals surface area contributed by atoms with E-state index >= 15 is 0 Å². The zero-order valence-corrected chi connectivity index (χ0v) is 11.1. The molecule has 0 radical (unpaired) electrons. The quantitative estimate of drug-likeness (QED) is 0.732. The van der Waals surface area contributed by atoms with Gasteiger partial charge in [0.25, 0.3) is 0 Å². The molecule has 0 aliphatic heterocycles. The minimum Gasteiger partial charge on any atom is -0.294 e. The van der Waals surface area contributed by atoms with Crippen LogP contribution in [0.25, 0.3) is 11.1 Å². The molecular weight excluding hydrogens is 267 g/mol. The second-order valence-electron chi connectivity index (χ2n) is 4.38. The molecule has 0 amide bonds. The molecule has 2 aromatic rings. The zero-order valence-electron chi connectivity index (χ0n) is 9.54.